The van der Waals surface area contributed by atoms with Crippen molar-refractivity contribution in [1.82, 2.24) is 0 Å². The predicted molar refractivity (Wildman–Crippen MR) is 42.3 cm³/mol. The van der Waals surface area contributed by atoms with Crippen molar-refractivity contribution in [3.63, 3.8) is 0 Å². The van der Waals surface area contributed by atoms with Crippen molar-refractivity contribution in [2.45, 2.75) is 12.8 Å². The zero-order chi connectivity index (χ0) is 7.40. The number of hydrogen-bond donors (Lipinski definition) is 1. The quantitative estimate of drug-likeness (QED) is 0.588. The normalized spacial score (nSPS) is 18.6. The first-order valence-electron chi connectivity index (χ1n) is 3.29. The van der Waals surface area contributed by atoms with E-state index in [2.05, 4.69) is 0 Å². The summed E-state index contributed by atoms with van der Waals surface area (Å²) < 4.78 is 0. The molecule has 1 aliphatic rings. The number of carbonyl (C=O) groups is 1. The van der Waals surface area contributed by atoms with Gasteiger partial charge in [0.15, 0.2) is 0 Å². The van der Waals surface area contributed by atoms with Crippen LogP contribution in [0.25, 0.3) is 0 Å². The fourth-order valence-corrected chi connectivity index (χ4v) is 1.97. The van der Waals surface area contributed by atoms with Crippen LogP contribution < -0.4 is 0 Å². The first kappa shape index (κ1) is 7.66. The Balaban J connectivity index is 2.45. The van der Waals surface area contributed by atoms with Crippen LogP contribution in [0.3, 0.4) is 0 Å². The Kier molecular flexibility index (Phi) is 2.81. The summed E-state index contributed by atoms with van der Waals surface area (Å²) in [5, 5.41) is 8.38. The third-order valence-corrected chi connectivity index (χ3v) is 2.45. The minimum absolute atomic E-state index is 0.804. The molecular formula is C7H10O2S. The molecule has 0 amide bonds. The molecule has 0 aromatic rings. The molecule has 0 aliphatic carbocycles. The summed E-state index contributed by atoms with van der Waals surface area (Å²) in [6.45, 7) is 0. The number of hydrogen-bond acceptors (Lipinski definition) is 2. The molecule has 1 aliphatic heterocycles. The highest BCUT2D eigenvalue weighted by molar-refractivity contribution is 7.99. The average molecular weight is 158 g/mol. The molecule has 0 saturated carbocycles. The lowest BCUT2D eigenvalue weighted by atomic mass is 10.1. The summed E-state index contributed by atoms with van der Waals surface area (Å²) in [6, 6.07) is 0. The fourth-order valence-electron chi connectivity index (χ4n) is 0.953. The standard InChI is InChI=1S/C7H10O2S/c8-7(9)5-6-1-3-10-4-2-6/h5H,1-4H2,(H,8,9). The monoisotopic (exact) mass is 158 g/mol. The van der Waals surface area contributed by atoms with Crippen LogP contribution in [-0.4, -0.2) is 22.6 Å². The van der Waals surface area contributed by atoms with Crippen molar-refractivity contribution in [3.8, 4) is 0 Å². The molecule has 1 fully saturated rings. The molecular weight excluding hydrogens is 148 g/mol. The van der Waals surface area contributed by atoms with Crippen LogP contribution in [0.4, 0.5) is 0 Å². The Bertz CT molecular complexity index is 155. The molecule has 0 spiro atoms. The van der Waals surface area contributed by atoms with Gasteiger partial charge in [0, 0.05) is 6.08 Å². The molecule has 1 saturated heterocycles. The van der Waals surface area contributed by atoms with E-state index in [9.17, 15) is 4.79 Å². The van der Waals surface area contributed by atoms with Gasteiger partial charge in [-0.25, -0.2) is 4.79 Å². The SMILES string of the molecule is O=C(O)C=C1CCSCC1. The number of thioether (sulfide) groups is 1. The zero-order valence-corrected chi connectivity index (χ0v) is 6.49. The van der Waals surface area contributed by atoms with Gasteiger partial charge in [0.1, 0.15) is 0 Å². The van der Waals surface area contributed by atoms with Gasteiger partial charge < -0.3 is 5.11 Å². The van der Waals surface area contributed by atoms with Crippen molar-refractivity contribution in [1.29, 1.82) is 0 Å². The third-order valence-electron chi connectivity index (χ3n) is 1.46. The Morgan fingerprint density at radius 2 is 2.10 bits per heavy atom. The predicted octanol–water partition coefficient (Wildman–Crippen LogP) is 1.52. The van der Waals surface area contributed by atoms with Gasteiger partial charge in [-0.1, -0.05) is 5.57 Å². The smallest absolute Gasteiger partial charge is 0.328 e. The van der Waals surface area contributed by atoms with Crippen molar-refractivity contribution in [2.75, 3.05) is 11.5 Å². The minimum atomic E-state index is -0.804. The van der Waals surface area contributed by atoms with Gasteiger partial charge in [-0.3, -0.25) is 0 Å². The molecule has 56 valence electrons. The largest absolute Gasteiger partial charge is 0.478 e. The van der Waals surface area contributed by atoms with E-state index in [1.54, 1.807) is 0 Å². The lowest BCUT2D eigenvalue weighted by Crippen LogP contribution is -2.00. The van der Waals surface area contributed by atoms with Crippen LogP contribution in [0.2, 0.25) is 0 Å². The number of carboxylic acid groups (broad SMARTS) is 1. The zero-order valence-electron chi connectivity index (χ0n) is 5.67. The number of aliphatic carboxylic acids is 1. The van der Waals surface area contributed by atoms with Crippen molar-refractivity contribution in [2.24, 2.45) is 0 Å². The molecule has 1 N–H and O–H groups in total. The summed E-state index contributed by atoms with van der Waals surface area (Å²) in [5.41, 5.74) is 1.09. The third kappa shape index (κ3) is 2.43. The molecule has 1 heterocycles. The van der Waals surface area contributed by atoms with Crippen LogP contribution >= 0.6 is 11.8 Å². The topological polar surface area (TPSA) is 37.3 Å². The first-order valence-corrected chi connectivity index (χ1v) is 4.44. The number of rotatable bonds is 1. The maximum atomic E-state index is 10.2. The second kappa shape index (κ2) is 3.66. The van der Waals surface area contributed by atoms with E-state index in [1.807, 2.05) is 11.8 Å². The van der Waals surface area contributed by atoms with Crippen LogP contribution in [0.15, 0.2) is 11.6 Å². The average Bonchev–Trinajstić information content (AvgIpc) is 1.88. The molecule has 0 bridgehead atoms. The summed E-state index contributed by atoms with van der Waals surface area (Å²) in [5.74, 6) is 1.36. The second-order valence-corrected chi connectivity index (χ2v) is 3.48. The van der Waals surface area contributed by atoms with Gasteiger partial charge in [-0.05, 0) is 24.3 Å². The Morgan fingerprint density at radius 1 is 1.50 bits per heavy atom. The lowest BCUT2D eigenvalue weighted by molar-refractivity contribution is -0.131. The van der Waals surface area contributed by atoms with Crippen LogP contribution in [-0.2, 0) is 4.79 Å². The number of allylic oxidation sites excluding steroid dienone is 1. The van der Waals surface area contributed by atoms with Crippen LogP contribution in [0.1, 0.15) is 12.8 Å². The van der Waals surface area contributed by atoms with Crippen molar-refractivity contribution in [3.05, 3.63) is 11.6 Å². The van der Waals surface area contributed by atoms with Gasteiger partial charge in [0.2, 0.25) is 0 Å². The molecule has 0 aromatic heterocycles. The van der Waals surface area contributed by atoms with Crippen molar-refractivity contribution < 1.29 is 9.90 Å². The van der Waals surface area contributed by atoms with E-state index in [1.165, 1.54) is 6.08 Å². The second-order valence-electron chi connectivity index (χ2n) is 2.25. The maximum absolute atomic E-state index is 10.2. The van der Waals surface area contributed by atoms with Gasteiger partial charge >= 0.3 is 5.97 Å². The molecule has 2 nitrogen and oxygen atoms in total. The minimum Gasteiger partial charge on any atom is -0.478 e. The molecule has 1 rings (SSSR count). The molecule has 0 aromatic carbocycles. The number of carboxylic acids is 1. The summed E-state index contributed by atoms with van der Waals surface area (Å²) in [6.07, 6.45) is 3.26. The van der Waals surface area contributed by atoms with E-state index < -0.39 is 5.97 Å². The maximum Gasteiger partial charge on any atom is 0.328 e. The molecule has 3 heteroatoms. The van der Waals surface area contributed by atoms with Gasteiger partial charge in [0.25, 0.3) is 0 Å². The van der Waals surface area contributed by atoms with Crippen molar-refractivity contribution >= 4 is 17.7 Å². The van der Waals surface area contributed by atoms with Gasteiger partial charge in [-0.15, -0.1) is 0 Å². The van der Waals surface area contributed by atoms with E-state index in [4.69, 9.17) is 5.11 Å². The summed E-state index contributed by atoms with van der Waals surface area (Å²) in [7, 11) is 0. The Hall–Kier alpha value is -0.440. The highest BCUT2D eigenvalue weighted by atomic mass is 32.2. The summed E-state index contributed by atoms with van der Waals surface area (Å²) >= 11 is 1.89. The Labute approximate surface area is 64.3 Å². The lowest BCUT2D eigenvalue weighted by Gasteiger charge is -2.11. The van der Waals surface area contributed by atoms with Gasteiger partial charge in [-0.2, -0.15) is 11.8 Å². The molecule has 0 unspecified atom stereocenters. The fraction of sp³-hybridized carbons (Fsp3) is 0.571. The van der Waals surface area contributed by atoms with E-state index in [-0.39, 0.29) is 0 Å². The molecule has 10 heavy (non-hydrogen) atoms. The molecule has 0 atom stereocenters. The van der Waals surface area contributed by atoms with Gasteiger partial charge in [0.05, 0.1) is 0 Å². The Morgan fingerprint density at radius 3 is 2.60 bits per heavy atom. The summed E-state index contributed by atoms with van der Waals surface area (Å²) in [4.78, 5) is 10.2. The highest BCUT2D eigenvalue weighted by Gasteiger charge is 2.05. The van der Waals surface area contributed by atoms with E-state index in [0.717, 1.165) is 29.9 Å². The highest BCUT2D eigenvalue weighted by Crippen LogP contribution is 2.21. The van der Waals surface area contributed by atoms with E-state index in [0.29, 0.717) is 0 Å². The van der Waals surface area contributed by atoms with E-state index >= 15 is 0 Å². The first-order chi connectivity index (χ1) is 4.79. The van der Waals surface area contributed by atoms with Crippen LogP contribution in [0, 0.1) is 0 Å². The van der Waals surface area contributed by atoms with Crippen LogP contribution in [0.5, 0.6) is 0 Å². The molecule has 0 radical (unpaired) electrons.